The van der Waals surface area contributed by atoms with Crippen LogP contribution in [0.4, 0.5) is 17.8 Å². The third kappa shape index (κ3) is 2.43. The van der Waals surface area contributed by atoms with Crippen LogP contribution in [0.2, 0.25) is 0 Å². The number of nitrogens with one attached hydrogen (secondary N) is 1. The molecule has 0 aliphatic heterocycles. The van der Waals surface area contributed by atoms with Crippen molar-refractivity contribution in [3.63, 3.8) is 0 Å². The van der Waals surface area contributed by atoms with Gasteiger partial charge in [-0.05, 0) is 12.0 Å². The molecule has 0 spiro atoms. The fraction of sp³-hybridized carbons (Fsp3) is 0.222. The number of nitrogens with two attached hydrogens (primary N) is 2. The smallest absolute Gasteiger partial charge is 0.229 e. The molecule has 0 unspecified atom stereocenters. The molecule has 0 saturated carbocycles. The van der Waals surface area contributed by atoms with Gasteiger partial charge in [0.1, 0.15) is 0 Å². The summed E-state index contributed by atoms with van der Waals surface area (Å²) in [5.41, 5.74) is 12.1. The average molecular weight is 204 g/mol. The van der Waals surface area contributed by atoms with Gasteiger partial charge >= 0.3 is 0 Å². The monoisotopic (exact) mass is 204 g/mol. The van der Waals surface area contributed by atoms with Gasteiger partial charge in [0.15, 0.2) is 0 Å². The van der Waals surface area contributed by atoms with Gasteiger partial charge in [-0.2, -0.15) is 15.0 Å². The highest BCUT2D eigenvalue weighted by Crippen LogP contribution is 2.10. The Kier molecular flexibility index (Phi) is 2.49. The van der Waals surface area contributed by atoms with E-state index >= 15 is 0 Å². The maximum Gasteiger partial charge on any atom is 0.229 e. The molecule has 0 fully saturated rings. The quantitative estimate of drug-likeness (QED) is 0.655. The number of aromatic nitrogens is 3. The maximum atomic E-state index is 5.43. The maximum absolute atomic E-state index is 5.43. The van der Waals surface area contributed by atoms with Crippen LogP contribution in [-0.4, -0.2) is 21.5 Å². The fourth-order valence-electron chi connectivity index (χ4n) is 1.31. The summed E-state index contributed by atoms with van der Waals surface area (Å²) in [5.74, 6) is 0.656. The van der Waals surface area contributed by atoms with Gasteiger partial charge in [-0.3, -0.25) is 0 Å². The molecule has 1 heterocycles. The molecular formula is C9H12N6. The summed E-state index contributed by atoms with van der Waals surface area (Å²) in [5, 5.41) is 3.03. The molecule has 1 aromatic rings. The fourth-order valence-corrected chi connectivity index (χ4v) is 1.31. The second kappa shape index (κ2) is 3.95. The zero-order chi connectivity index (χ0) is 10.7. The van der Waals surface area contributed by atoms with E-state index in [9.17, 15) is 0 Å². The number of anilines is 3. The van der Waals surface area contributed by atoms with Crippen LogP contribution >= 0.6 is 0 Å². The molecule has 1 aliphatic carbocycles. The van der Waals surface area contributed by atoms with Gasteiger partial charge in [0.05, 0.1) is 0 Å². The van der Waals surface area contributed by atoms with Crippen LogP contribution in [0, 0.1) is 0 Å². The highest BCUT2D eigenvalue weighted by Gasteiger charge is 2.02. The van der Waals surface area contributed by atoms with Crippen LogP contribution in [0.1, 0.15) is 6.42 Å². The molecule has 0 bridgehead atoms. The van der Waals surface area contributed by atoms with Crippen molar-refractivity contribution in [2.75, 3.05) is 23.3 Å². The molecule has 0 atom stereocenters. The molecule has 15 heavy (non-hydrogen) atoms. The minimum atomic E-state index is 0.126. The van der Waals surface area contributed by atoms with Gasteiger partial charge in [-0.15, -0.1) is 0 Å². The number of nitrogens with zero attached hydrogens (tertiary/aromatic N) is 3. The summed E-state index contributed by atoms with van der Waals surface area (Å²) in [6.07, 6.45) is 7.26. The minimum Gasteiger partial charge on any atom is -0.368 e. The van der Waals surface area contributed by atoms with Crippen LogP contribution in [0.3, 0.4) is 0 Å². The second-order valence-corrected chi connectivity index (χ2v) is 3.15. The Morgan fingerprint density at radius 2 is 1.93 bits per heavy atom. The van der Waals surface area contributed by atoms with E-state index in [4.69, 9.17) is 11.5 Å². The van der Waals surface area contributed by atoms with Crippen molar-refractivity contribution in [3.8, 4) is 0 Å². The van der Waals surface area contributed by atoms with Crippen molar-refractivity contribution < 1.29 is 0 Å². The van der Waals surface area contributed by atoms with Gasteiger partial charge in [-0.25, -0.2) is 0 Å². The summed E-state index contributed by atoms with van der Waals surface area (Å²) in [6.45, 7) is 0.666. The summed E-state index contributed by atoms with van der Waals surface area (Å²) in [6, 6.07) is 0. The van der Waals surface area contributed by atoms with Crippen LogP contribution in [0.25, 0.3) is 0 Å². The Morgan fingerprint density at radius 1 is 1.20 bits per heavy atom. The van der Waals surface area contributed by atoms with Crippen LogP contribution in [0.15, 0.2) is 23.8 Å². The van der Waals surface area contributed by atoms with E-state index in [1.807, 2.05) is 0 Å². The minimum absolute atomic E-state index is 0.126. The van der Waals surface area contributed by atoms with Crippen molar-refractivity contribution in [1.29, 1.82) is 0 Å². The Balaban J connectivity index is 2.01. The standard InChI is InChI=1S/C9H12N6/c10-7-13-8(11)15-9(14-7)12-5-6-3-1-2-4-6/h1,3-4H,2,5H2,(H5,10,11,12,13,14,15). The summed E-state index contributed by atoms with van der Waals surface area (Å²) in [7, 11) is 0. The Labute approximate surface area is 87.1 Å². The molecule has 0 aromatic carbocycles. The molecular weight excluding hydrogens is 192 g/mol. The molecule has 0 saturated heterocycles. The SMILES string of the molecule is Nc1nc(N)nc(NCC2=CCC=C2)n1. The topological polar surface area (TPSA) is 103 Å². The second-order valence-electron chi connectivity index (χ2n) is 3.15. The van der Waals surface area contributed by atoms with Gasteiger partial charge in [0.2, 0.25) is 17.8 Å². The van der Waals surface area contributed by atoms with Crippen molar-refractivity contribution in [2.45, 2.75) is 6.42 Å². The highest BCUT2D eigenvalue weighted by atomic mass is 15.2. The first-order valence-corrected chi connectivity index (χ1v) is 4.60. The molecule has 6 heteroatoms. The Bertz CT molecular complexity index is 402. The van der Waals surface area contributed by atoms with Crippen molar-refractivity contribution >= 4 is 17.8 Å². The number of allylic oxidation sites excluding steroid dienone is 2. The van der Waals surface area contributed by atoms with Crippen molar-refractivity contribution in [1.82, 2.24) is 15.0 Å². The van der Waals surface area contributed by atoms with E-state index in [1.54, 1.807) is 0 Å². The molecule has 2 rings (SSSR count). The molecule has 5 N–H and O–H groups in total. The third-order valence-electron chi connectivity index (χ3n) is 1.97. The number of hydrogen-bond donors (Lipinski definition) is 3. The lowest BCUT2D eigenvalue weighted by molar-refractivity contribution is 1.05. The molecule has 78 valence electrons. The van der Waals surface area contributed by atoms with Crippen molar-refractivity contribution in [3.05, 3.63) is 23.8 Å². The van der Waals surface area contributed by atoms with E-state index in [2.05, 4.69) is 38.5 Å². The first-order chi connectivity index (χ1) is 7.24. The highest BCUT2D eigenvalue weighted by molar-refractivity contribution is 5.40. The Hall–Kier alpha value is -2.11. The van der Waals surface area contributed by atoms with Gasteiger partial charge in [0, 0.05) is 6.54 Å². The number of rotatable bonds is 3. The van der Waals surface area contributed by atoms with Crippen molar-refractivity contribution in [2.24, 2.45) is 0 Å². The van der Waals surface area contributed by atoms with Crippen LogP contribution in [-0.2, 0) is 0 Å². The zero-order valence-corrected chi connectivity index (χ0v) is 8.14. The molecule has 6 nitrogen and oxygen atoms in total. The third-order valence-corrected chi connectivity index (χ3v) is 1.97. The lowest BCUT2D eigenvalue weighted by atomic mass is 10.3. The van der Waals surface area contributed by atoms with E-state index in [0.29, 0.717) is 12.5 Å². The zero-order valence-electron chi connectivity index (χ0n) is 8.14. The Morgan fingerprint density at radius 3 is 2.53 bits per heavy atom. The van der Waals surface area contributed by atoms with Gasteiger partial charge < -0.3 is 16.8 Å². The molecule has 0 amide bonds. The first kappa shape index (κ1) is 9.45. The first-order valence-electron chi connectivity index (χ1n) is 4.60. The summed E-state index contributed by atoms with van der Waals surface area (Å²) in [4.78, 5) is 11.5. The van der Waals surface area contributed by atoms with E-state index in [0.717, 1.165) is 6.42 Å². The molecule has 1 aliphatic rings. The van der Waals surface area contributed by atoms with Gasteiger partial charge in [0.25, 0.3) is 0 Å². The molecule has 1 aromatic heterocycles. The predicted molar refractivity (Wildman–Crippen MR) is 59.0 cm³/mol. The van der Waals surface area contributed by atoms with E-state index < -0.39 is 0 Å². The van der Waals surface area contributed by atoms with Gasteiger partial charge in [-0.1, -0.05) is 18.2 Å². The number of nitrogen functional groups attached to an aromatic ring is 2. The lowest BCUT2D eigenvalue weighted by Crippen LogP contribution is -2.10. The largest absolute Gasteiger partial charge is 0.368 e. The normalized spacial score (nSPS) is 14.0. The predicted octanol–water partition coefficient (Wildman–Crippen LogP) is 0.334. The van der Waals surface area contributed by atoms with E-state index in [1.165, 1.54) is 5.57 Å². The lowest BCUT2D eigenvalue weighted by Gasteiger charge is -2.04. The number of hydrogen-bond acceptors (Lipinski definition) is 6. The summed E-state index contributed by atoms with van der Waals surface area (Å²) < 4.78 is 0. The average Bonchev–Trinajstić information content (AvgIpc) is 2.65. The van der Waals surface area contributed by atoms with Crippen LogP contribution in [0.5, 0.6) is 0 Å². The molecule has 0 radical (unpaired) electrons. The van der Waals surface area contributed by atoms with E-state index in [-0.39, 0.29) is 11.9 Å². The summed E-state index contributed by atoms with van der Waals surface area (Å²) >= 11 is 0. The van der Waals surface area contributed by atoms with Crippen LogP contribution < -0.4 is 16.8 Å².